The number of hydrogen-bond acceptors (Lipinski definition) is 4. The number of hydrogen-bond donors (Lipinski definition) is 2. The van der Waals surface area contributed by atoms with Gasteiger partial charge in [-0.25, -0.2) is 13.1 Å². The van der Waals surface area contributed by atoms with Crippen LogP contribution in [0.5, 0.6) is 0 Å². The van der Waals surface area contributed by atoms with Crippen molar-refractivity contribution in [2.24, 2.45) is 11.7 Å². The highest BCUT2D eigenvalue weighted by atomic mass is 79.9. The summed E-state index contributed by atoms with van der Waals surface area (Å²) in [5, 5.41) is 0. The molecule has 0 bridgehead atoms. The summed E-state index contributed by atoms with van der Waals surface area (Å²) in [5.74, 6) is 0.266. The molecule has 0 aromatic carbocycles. The fourth-order valence-corrected chi connectivity index (χ4v) is 6.19. The van der Waals surface area contributed by atoms with Crippen LogP contribution >= 0.6 is 39.7 Å². The van der Waals surface area contributed by atoms with Crippen LogP contribution in [-0.4, -0.2) is 21.0 Å². The lowest BCUT2D eigenvalue weighted by atomic mass is 10.1. The molecular formula is C11H18BrClN2O2S2. The number of thiophene rings is 1. The second kappa shape index (κ2) is 6.87. The van der Waals surface area contributed by atoms with Crippen molar-refractivity contribution in [1.82, 2.24) is 4.72 Å². The summed E-state index contributed by atoms with van der Waals surface area (Å²) >= 11 is 4.75. The lowest BCUT2D eigenvalue weighted by molar-refractivity contribution is 0.453. The van der Waals surface area contributed by atoms with Gasteiger partial charge in [-0.15, -0.1) is 23.7 Å². The van der Waals surface area contributed by atoms with Gasteiger partial charge in [0.15, 0.2) is 0 Å². The number of aryl methyl sites for hydroxylation is 1. The van der Waals surface area contributed by atoms with Gasteiger partial charge in [0.2, 0.25) is 10.0 Å². The first-order valence-electron chi connectivity index (χ1n) is 5.92. The Morgan fingerprint density at radius 1 is 1.53 bits per heavy atom. The molecule has 1 saturated carbocycles. The molecule has 0 aliphatic heterocycles. The molecule has 2 atom stereocenters. The largest absolute Gasteiger partial charge is 0.330 e. The highest BCUT2D eigenvalue weighted by Crippen LogP contribution is 2.31. The quantitative estimate of drug-likeness (QED) is 0.831. The molecule has 1 aliphatic carbocycles. The van der Waals surface area contributed by atoms with E-state index in [1.165, 1.54) is 11.3 Å². The SMILES string of the molecule is Cc1sc(Br)cc1S(=O)(=O)NC1CCCC1CN.Cl. The van der Waals surface area contributed by atoms with E-state index >= 15 is 0 Å². The van der Waals surface area contributed by atoms with E-state index in [1.54, 1.807) is 6.07 Å². The fourth-order valence-electron chi connectivity index (χ4n) is 2.43. The summed E-state index contributed by atoms with van der Waals surface area (Å²) in [6.45, 7) is 2.36. The molecule has 2 unspecified atom stereocenters. The van der Waals surface area contributed by atoms with E-state index in [1.807, 2.05) is 6.92 Å². The molecular weight excluding hydrogens is 372 g/mol. The van der Waals surface area contributed by atoms with Crippen LogP contribution in [0.25, 0.3) is 0 Å². The van der Waals surface area contributed by atoms with Gasteiger partial charge in [0.05, 0.1) is 8.68 Å². The van der Waals surface area contributed by atoms with Gasteiger partial charge in [0.1, 0.15) is 0 Å². The van der Waals surface area contributed by atoms with Gasteiger partial charge >= 0.3 is 0 Å². The topological polar surface area (TPSA) is 72.2 Å². The fraction of sp³-hybridized carbons (Fsp3) is 0.636. The first kappa shape index (κ1) is 17.4. The molecule has 3 N–H and O–H groups in total. The highest BCUT2D eigenvalue weighted by Gasteiger charge is 2.31. The Morgan fingerprint density at radius 3 is 2.74 bits per heavy atom. The van der Waals surface area contributed by atoms with Crippen LogP contribution in [0.1, 0.15) is 24.1 Å². The lowest BCUT2D eigenvalue weighted by Gasteiger charge is -2.19. The monoisotopic (exact) mass is 388 g/mol. The van der Waals surface area contributed by atoms with E-state index in [0.29, 0.717) is 11.4 Å². The van der Waals surface area contributed by atoms with Crippen LogP contribution in [-0.2, 0) is 10.0 Å². The van der Waals surface area contributed by atoms with E-state index in [-0.39, 0.29) is 24.4 Å². The molecule has 0 spiro atoms. The van der Waals surface area contributed by atoms with E-state index in [0.717, 1.165) is 27.9 Å². The van der Waals surface area contributed by atoms with Crippen LogP contribution < -0.4 is 10.5 Å². The van der Waals surface area contributed by atoms with Crippen LogP contribution in [0.4, 0.5) is 0 Å². The highest BCUT2D eigenvalue weighted by molar-refractivity contribution is 9.11. The van der Waals surface area contributed by atoms with Crippen molar-refractivity contribution in [2.45, 2.75) is 37.1 Å². The minimum atomic E-state index is -3.42. The van der Waals surface area contributed by atoms with Gasteiger partial charge < -0.3 is 5.73 Å². The van der Waals surface area contributed by atoms with Crippen LogP contribution in [0.2, 0.25) is 0 Å². The summed E-state index contributed by atoms with van der Waals surface area (Å²) in [4.78, 5) is 1.18. The van der Waals surface area contributed by atoms with E-state index in [2.05, 4.69) is 20.7 Å². The lowest BCUT2D eigenvalue weighted by Crippen LogP contribution is -2.39. The maximum Gasteiger partial charge on any atom is 0.241 e. The first-order chi connectivity index (χ1) is 8.44. The molecule has 0 radical (unpaired) electrons. The second-order valence-electron chi connectivity index (χ2n) is 4.63. The Hall–Kier alpha value is 0.340. The molecule has 8 heteroatoms. The Morgan fingerprint density at radius 2 is 2.21 bits per heavy atom. The molecule has 19 heavy (non-hydrogen) atoms. The van der Waals surface area contributed by atoms with Crippen LogP contribution in [0, 0.1) is 12.8 Å². The van der Waals surface area contributed by atoms with Gasteiger partial charge in [-0.2, -0.15) is 0 Å². The van der Waals surface area contributed by atoms with E-state index in [4.69, 9.17) is 5.73 Å². The summed E-state index contributed by atoms with van der Waals surface area (Å²) in [7, 11) is -3.42. The minimum Gasteiger partial charge on any atom is -0.330 e. The minimum absolute atomic E-state index is 0. The maximum atomic E-state index is 12.3. The maximum absolute atomic E-state index is 12.3. The number of rotatable bonds is 4. The van der Waals surface area contributed by atoms with Crippen molar-refractivity contribution in [1.29, 1.82) is 0 Å². The summed E-state index contributed by atoms with van der Waals surface area (Å²) in [6, 6.07) is 1.65. The van der Waals surface area contributed by atoms with Gasteiger partial charge in [0.25, 0.3) is 0 Å². The van der Waals surface area contributed by atoms with Crippen molar-refractivity contribution < 1.29 is 8.42 Å². The van der Waals surface area contributed by atoms with Gasteiger partial charge in [-0.3, -0.25) is 0 Å². The first-order valence-corrected chi connectivity index (χ1v) is 9.01. The average molecular weight is 390 g/mol. The van der Waals surface area contributed by atoms with Crippen molar-refractivity contribution in [3.05, 3.63) is 14.7 Å². The van der Waals surface area contributed by atoms with Crippen molar-refractivity contribution in [3.8, 4) is 0 Å². The molecule has 1 aliphatic rings. The predicted molar refractivity (Wildman–Crippen MR) is 84.5 cm³/mol. The Bertz CT molecular complexity index is 533. The molecule has 1 aromatic rings. The smallest absolute Gasteiger partial charge is 0.241 e. The third-order valence-electron chi connectivity index (χ3n) is 3.40. The number of halogens is 2. The third kappa shape index (κ3) is 3.92. The molecule has 110 valence electrons. The number of nitrogens with one attached hydrogen (secondary N) is 1. The number of sulfonamides is 1. The van der Waals surface area contributed by atoms with Crippen LogP contribution in [0.3, 0.4) is 0 Å². The normalized spacial score (nSPS) is 23.3. The zero-order valence-corrected chi connectivity index (χ0v) is 14.6. The molecule has 1 aromatic heterocycles. The zero-order valence-electron chi connectivity index (χ0n) is 10.6. The number of nitrogens with two attached hydrogens (primary N) is 1. The molecule has 1 fully saturated rings. The van der Waals surface area contributed by atoms with E-state index < -0.39 is 10.0 Å². The molecule has 1 heterocycles. The van der Waals surface area contributed by atoms with Crippen molar-refractivity contribution in [2.75, 3.05) is 6.54 Å². The molecule has 4 nitrogen and oxygen atoms in total. The third-order valence-corrected chi connectivity index (χ3v) is 6.70. The average Bonchev–Trinajstić information content (AvgIpc) is 2.84. The van der Waals surface area contributed by atoms with Gasteiger partial charge in [0, 0.05) is 10.9 Å². The second-order valence-corrected chi connectivity index (χ2v) is 8.94. The van der Waals surface area contributed by atoms with Crippen LogP contribution in [0.15, 0.2) is 14.7 Å². The molecule has 0 amide bonds. The van der Waals surface area contributed by atoms with Crippen molar-refractivity contribution >= 4 is 49.7 Å². The van der Waals surface area contributed by atoms with E-state index in [9.17, 15) is 8.42 Å². The molecule has 0 saturated heterocycles. The Kier molecular flexibility index (Phi) is 6.28. The Labute approximate surface area is 132 Å². The van der Waals surface area contributed by atoms with Gasteiger partial charge in [-0.1, -0.05) is 6.42 Å². The Balaban J connectivity index is 0.00000180. The predicted octanol–water partition coefficient (Wildman–Crippen LogP) is 2.65. The zero-order chi connectivity index (χ0) is 13.3. The summed E-state index contributed by atoms with van der Waals surface area (Å²) in [6.07, 6.45) is 2.93. The van der Waals surface area contributed by atoms with Gasteiger partial charge in [-0.05, 0) is 54.2 Å². The summed E-state index contributed by atoms with van der Waals surface area (Å²) in [5.41, 5.74) is 5.68. The molecule has 2 rings (SSSR count). The van der Waals surface area contributed by atoms with Crippen molar-refractivity contribution in [3.63, 3.8) is 0 Å². The summed E-state index contributed by atoms with van der Waals surface area (Å²) < 4.78 is 28.3. The standard InChI is InChI=1S/C11H17BrN2O2S2.ClH/c1-7-10(5-11(12)17-7)18(15,16)14-9-4-2-3-8(9)6-13;/h5,8-9,14H,2-4,6,13H2,1H3;1H.